The van der Waals surface area contributed by atoms with Crippen LogP contribution < -0.4 is 5.63 Å². The van der Waals surface area contributed by atoms with E-state index in [1.165, 1.54) is 18.2 Å². The van der Waals surface area contributed by atoms with E-state index in [2.05, 4.69) is 9.98 Å². The molecule has 0 aliphatic heterocycles. The van der Waals surface area contributed by atoms with Crippen LogP contribution in [-0.4, -0.2) is 17.0 Å². The Balaban J connectivity index is 1.98. The summed E-state index contributed by atoms with van der Waals surface area (Å²) in [5.74, 6) is -0.180. The van der Waals surface area contributed by atoms with Gasteiger partial charge in [-0.1, -0.05) is 24.3 Å². The van der Waals surface area contributed by atoms with E-state index in [0.29, 0.717) is 22.8 Å². The number of hydrogen-bond donors (Lipinski definition) is 1. The van der Waals surface area contributed by atoms with Gasteiger partial charge in [0.25, 0.3) is 0 Å². The Morgan fingerprint density at radius 1 is 1.11 bits per heavy atom. The Labute approximate surface area is 155 Å². The molecule has 1 heterocycles. The van der Waals surface area contributed by atoms with Gasteiger partial charge in [0, 0.05) is 12.3 Å². The molecular formula is C21H17FN2O3. The summed E-state index contributed by atoms with van der Waals surface area (Å²) in [5.41, 5.74) is 1.50. The monoisotopic (exact) mass is 364 g/mol. The summed E-state index contributed by atoms with van der Waals surface area (Å²) in [5, 5.41) is 10.1. The first-order chi connectivity index (χ1) is 12.9. The largest absolute Gasteiger partial charge is 0.507 e. The van der Waals surface area contributed by atoms with Crippen LogP contribution >= 0.6 is 0 Å². The van der Waals surface area contributed by atoms with Crippen LogP contribution in [0.3, 0.4) is 0 Å². The standard InChI is InChI=1S/C21H17FN2O3/c1-13-11-19(25)20(21(26)27-13)14(2)24-18-6-4-3-5-17(18)23-12-15-7-9-16(22)10-8-15/h3-12,25H,1-2H3. The number of halogens is 1. The zero-order valence-electron chi connectivity index (χ0n) is 14.8. The molecule has 5 nitrogen and oxygen atoms in total. The lowest BCUT2D eigenvalue weighted by Crippen LogP contribution is -2.12. The van der Waals surface area contributed by atoms with Crippen LogP contribution in [0.15, 0.2) is 73.8 Å². The van der Waals surface area contributed by atoms with Crippen LogP contribution in [0.2, 0.25) is 0 Å². The number of aromatic hydroxyl groups is 1. The van der Waals surface area contributed by atoms with Gasteiger partial charge in [0.05, 0.1) is 17.1 Å². The zero-order chi connectivity index (χ0) is 19.4. The minimum Gasteiger partial charge on any atom is -0.507 e. The molecule has 136 valence electrons. The van der Waals surface area contributed by atoms with Crippen molar-refractivity contribution in [1.29, 1.82) is 0 Å². The number of rotatable bonds is 4. The molecule has 3 aromatic rings. The van der Waals surface area contributed by atoms with Crippen molar-refractivity contribution in [3.63, 3.8) is 0 Å². The third-order valence-electron chi connectivity index (χ3n) is 3.81. The quantitative estimate of drug-likeness (QED) is 0.683. The molecule has 0 spiro atoms. The highest BCUT2D eigenvalue weighted by Crippen LogP contribution is 2.28. The van der Waals surface area contributed by atoms with Crippen molar-refractivity contribution in [2.75, 3.05) is 0 Å². The van der Waals surface area contributed by atoms with Gasteiger partial charge < -0.3 is 9.52 Å². The summed E-state index contributed by atoms with van der Waals surface area (Å²) in [6.45, 7) is 3.19. The molecule has 0 amide bonds. The number of benzene rings is 2. The van der Waals surface area contributed by atoms with Gasteiger partial charge >= 0.3 is 5.63 Å². The molecule has 0 saturated carbocycles. The molecule has 0 aliphatic rings. The predicted molar refractivity (Wildman–Crippen MR) is 103 cm³/mol. The maximum absolute atomic E-state index is 13.0. The van der Waals surface area contributed by atoms with Gasteiger partial charge in [0.2, 0.25) is 0 Å². The van der Waals surface area contributed by atoms with E-state index < -0.39 is 5.63 Å². The molecule has 2 aromatic carbocycles. The molecular weight excluding hydrogens is 347 g/mol. The zero-order valence-corrected chi connectivity index (χ0v) is 14.8. The van der Waals surface area contributed by atoms with E-state index >= 15 is 0 Å². The van der Waals surface area contributed by atoms with Gasteiger partial charge in [-0.05, 0) is 43.7 Å². The Morgan fingerprint density at radius 3 is 2.44 bits per heavy atom. The molecule has 0 fully saturated rings. The molecule has 0 bridgehead atoms. The van der Waals surface area contributed by atoms with Crippen molar-refractivity contribution in [3.8, 4) is 5.75 Å². The lowest BCUT2D eigenvalue weighted by molar-refractivity contribution is 0.432. The number of nitrogens with zero attached hydrogens (tertiary/aromatic N) is 2. The van der Waals surface area contributed by atoms with E-state index in [9.17, 15) is 14.3 Å². The summed E-state index contributed by atoms with van der Waals surface area (Å²) in [6.07, 6.45) is 1.60. The highest BCUT2D eigenvalue weighted by atomic mass is 19.1. The van der Waals surface area contributed by atoms with Gasteiger partial charge in [-0.25, -0.2) is 9.18 Å². The number of para-hydroxylation sites is 2. The summed E-state index contributed by atoms with van der Waals surface area (Å²) in [6, 6.07) is 14.4. The Bertz CT molecular complexity index is 1080. The summed E-state index contributed by atoms with van der Waals surface area (Å²) in [7, 11) is 0. The van der Waals surface area contributed by atoms with Crippen LogP contribution in [0.4, 0.5) is 15.8 Å². The second-order valence-electron chi connectivity index (χ2n) is 5.90. The molecule has 27 heavy (non-hydrogen) atoms. The summed E-state index contributed by atoms with van der Waals surface area (Å²) in [4.78, 5) is 20.9. The molecule has 0 saturated heterocycles. The molecule has 0 atom stereocenters. The lowest BCUT2D eigenvalue weighted by atomic mass is 10.1. The normalized spacial score (nSPS) is 11.9. The van der Waals surface area contributed by atoms with Gasteiger partial charge in [0.1, 0.15) is 22.9 Å². The topological polar surface area (TPSA) is 75.2 Å². The Hall–Kier alpha value is -3.54. The summed E-state index contributed by atoms with van der Waals surface area (Å²) < 4.78 is 18.0. The molecule has 6 heteroatoms. The van der Waals surface area contributed by atoms with E-state index in [4.69, 9.17) is 4.42 Å². The SMILES string of the molecule is CC(=Nc1ccccc1N=Cc1ccc(F)cc1)c1c(O)cc(C)oc1=O. The minimum absolute atomic E-state index is 0.0120. The molecule has 3 rings (SSSR count). The smallest absolute Gasteiger partial charge is 0.348 e. The third-order valence-corrected chi connectivity index (χ3v) is 3.81. The first kappa shape index (κ1) is 18.3. The fourth-order valence-electron chi connectivity index (χ4n) is 2.53. The highest BCUT2D eigenvalue weighted by Gasteiger charge is 2.13. The van der Waals surface area contributed by atoms with Crippen LogP contribution in [0, 0.1) is 12.7 Å². The highest BCUT2D eigenvalue weighted by molar-refractivity contribution is 6.02. The van der Waals surface area contributed by atoms with Crippen molar-refractivity contribution in [1.82, 2.24) is 0 Å². The number of hydrogen-bond acceptors (Lipinski definition) is 5. The van der Waals surface area contributed by atoms with Crippen molar-refractivity contribution < 1.29 is 13.9 Å². The predicted octanol–water partition coefficient (Wildman–Crippen LogP) is 4.68. The van der Waals surface area contributed by atoms with Crippen molar-refractivity contribution in [2.24, 2.45) is 9.98 Å². The van der Waals surface area contributed by atoms with E-state index in [0.717, 1.165) is 5.56 Å². The first-order valence-corrected chi connectivity index (χ1v) is 8.22. The van der Waals surface area contributed by atoms with Gasteiger partial charge in [0.15, 0.2) is 0 Å². The van der Waals surface area contributed by atoms with Crippen LogP contribution in [0.1, 0.15) is 23.8 Å². The second kappa shape index (κ2) is 7.78. The van der Waals surface area contributed by atoms with E-state index in [1.807, 2.05) is 6.07 Å². The van der Waals surface area contributed by atoms with Gasteiger partial charge in [-0.3, -0.25) is 9.98 Å². The van der Waals surface area contributed by atoms with Gasteiger partial charge in [-0.2, -0.15) is 0 Å². The molecule has 0 aliphatic carbocycles. The van der Waals surface area contributed by atoms with E-state index in [-0.39, 0.29) is 17.1 Å². The van der Waals surface area contributed by atoms with E-state index in [1.54, 1.807) is 50.4 Å². The lowest BCUT2D eigenvalue weighted by Gasteiger charge is -2.05. The molecule has 0 radical (unpaired) electrons. The molecule has 0 unspecified atom stereocenters. The maximum Gasteiger partial charge on any atom is 0.348 e. The number of aryl methyl sites for hydroxylation is 1. The second-order valence-corrected chi connectivity index (χ2v) is 5.90. The minimum atomic E-state index is -0.652. The molecule has 1 aromatic heterocycles. The average Bonchev–Trinajstić information content (AvgIpc) is 2.61. The Kier molecular flexibility index (Phi) is 5.26. The van der Waals surface area contributed by atoms with Crippen molar-refractivity contribution in [2.45, 2.75) is 13.8 Å². The van der Waals surface area contributed by atoms with Crippen LogP contribution in [0.5, 0.6) is 5.75 Å². The van der Waals surface area contributed by atoms with Crippen LogP contribution in [-0.2, 0) is 0 Å². The third kappa shape index (κ3) is 4.36. The summed E-state index contributed by atoms with van der Waals surface area (Å²) >= 11 is 0. The number of aliphatic imine (C=N–C) groups is 2. The average molecular weight is 364 g/mol. The Morgan fingerprint density at radius 2 is 1.78 bits per heavy atom. The van der Waals surface area contributed by atoms with Crippen LogP contribution in [0.25, 0.3) is 0 Å². The van der Waals surface area contributed by atoms with Crippen molar-refractivity contribution >= 4 is 23.3 Å². The fraction of sp³-hybridized carbons (Fsp3) is 0.0952. The molecule has 1 N–H and O–H groups in total. The maximum atomic E-state index is 13.0. The van der Waals surface area contributed by atoms with Crippen molar-refractivity contribution in [3.05, 3.63) is 87.7 Å². The van der Waals surface area contributed by atoms with Gasteiger partial charge in [-0.15, -0.1) is 0 Å². The fourth-order valence-corrected chi connectivity index (χ4v) is 2.53. The first-order valence-electron chi connectivity index (χ1n) is 8.22.